The second-order valence-corrected chi connectivity index (χ2v) is 10.7. The summed E-state index contributed by atoms with van der Waals surface area (Å²) in [6, 6.07) is 29.8. The van der Waals surface area contributed by atoms with Gasteiger partial charge in [0.25, 0.3) is 5.69 Å². The zero-order valence-electron chi connectivity index (χ0n) is 20.1. The van der Waals surface area contributed by atoms with Gasteiger partial charge in [-0.2, -0.15) is 0 Å². The van der Waals surface area contributed by atoms with Crippen LogP contribution >= 0.6 is 11.8 Å². The van der Waals surface area contributed by atoms with Crippen molar-refractivity contribution in [3.63, 3.8) is 0 Å². The second-order valence-electron chi connectivity index (χ2n) is 9.64. The number of non-ortho nitro benzene ring substituents is 1. The number of nitro groups is 1. The van der Waals surface area contributed by atoms with Crippen LogP contribution in [0.5, 0.6) is 0 Å². The van der Waals surface area contributed by atoms with Gasteiger partial charge in [0, 0.05) is 39.9 Å². The average Bonchev–Trinajstić information content (AvgIpc) is 3.31. The molecule has 4 N–H and O–H groups in total. The zero-order valence-corrected chi connectivity index (χ0v) is 20.9. The minimum absolute atomic E-state index is 0.0473. The van der Waals surface area contributed by atoms with E-state index in [0.29, 0.717) is 5.56 Å². The van der Waals surface area contributed by atoms with Gasteiger partial charge in [-0.05, 0) is 64.4 Å². The molecule has 0 spiro atoms. The molecule has 0 aromatic heterocycles. The van der Waals surface area contributed by atoms with Gasteiger partial charge in [0.2, 0.25) is 0 Å². The summed E-state index contributed by atoms with van der Waals surface area (Å²) in [5.74, 6) is 1.12. The van der Waals surface area contributed by atoms with Crippen molar-refractivity contribution in [1.82, 2.24) is 0 Å². The summed E-state index contributed by atoms with van der Waals surface area (Å²) >= 11 is 1.71. The number of nitrogens with one attached hydrogen (secondary N) is 2. The largest absolute Gasteiger partial charge is 0.384 e. The second kappa shape index (κ2) is 9.41. The molecule has 0 saturated carbocycles. The molecule has 0 bridgehead atoms. The van der Waals surface area contributed by atoms with Gasteiger partial charge < -0.3 is 11.1 Å². The summed E-state index contributed by atoms with van der Waals surface area (Å²) in [6.07, 6.45) is 0.869. The summed E-state index contributed by atoms with van der Waals surface area (Å²) in [5, 5.41) is 23.5. The Labute approximate surface area is 219 Å². The Morgan fingerprint density at radius 3 is 2.54 bits per heavy atom. The van der Waals surface area contributed by atoms with Crippen molar-refractivity contribution in [3.8, 4) is 0 Å². The SMILES string of the molecule is N=C(N)c1ccc2c(c1)C1c3ccccc3CC1C(c1cc([N+](=O)[O-])ccc1SCc1ccccc1)N2. The number of nitrogens with two attached hydrogens (primary N) is 1. The number of amidine groups is 1. The molecule has 0 fully saturated rings. The fraction of sp³-hybridized carbons (Fsp3) is 0.167. The van der Waals surface area contributed by atoms with Crippen LogP contribution in [0.15, 0.2) is 95.9 Å². The van der Waals surface area contributed by atoms with E-state index >= 15 is 0 Å². The number of hydrogen-bond donors (Lipinski definition) is 3. The Kier molecular flexibility index (Phi) is 5.93. The minimum atomic E-state index is -0.314. The van der Waals surface area contributed by atoms with Crippen LogP contribution in [0.3, 0.4) is 0 Å². The molecule has 0 radical (unpaired) electrons. The molecule has 184 valence electrons. The first kappa shape index (κ1) is 23.3. The fourth-order valence-electron chi connectivity index (χ4n) is 5.80. The van der Waals surface area contributed by atoms with Crippen molar-refractivity contribution in [1.29, 1.82) is 5.41 Å². The van der Waals surface area contributed by atoms with Crippen molar-refractivity contribution in [2.24, 2.45) is 11.7 Å². The summed E-state index contributed by atoms with van der Waals surface area (Å²) in [5.41, 5.74) is 13.5. The maximum absolute atomic E-state index is 11.8. The van der Waals surface area contributed by atoms with E-state index in [4.69, 9.17) is 11.1 Å². The molecule has 2 aliphatic rings. The number of anilines is 1. The lowest BCUT2D eigenvalue weighted by Crippen LogP contribution is -2.31. The standard InChI is InChI=1S/C30H26N4O2S/c31-30(32)20-10-12-26-23(15-20)28-22-9-5-4-8-19(22)14-25(28)29(33-26)24-16-21(34(35)36)11-13-27(24)37-17-18-6-2-1-3-7-18/h1-13,15-16,25,28-29,33H,14,17H2,(H3,31,32). The Bertz CT molecular complexity index is 1520. The molecule has 6 nitrogen and oxygen atoms in total. The van der Waals surface area contributed by atoms with E-state index in [0.717, 1.165) is 33.9 Å². The van der Waals surface area contributed by atoms with E-state index < -0.39 is 0 Å². The lowest BCUT2D eigenvalue weighted by atomic mass is 9.75. The highest BCUT2D eigenvalue weighted by Gasteiger charge is 2.44. The van der Waals surface area contributed by atoms with Crippen LogP contribution in [0.4, 0.5) is 11.4 Å². The molecule has 37 heavy (non-hydrogen) atoms. The number of fused-ring (bicyclic) bond motifs is 5. The smallest absolute Gasteiger partial charge is 0.269 e. The van der Waals surface area contributed by atoms with Crippen LogP contribution in [0, 0.1) is 21.4 Å². The Balaban J connectivity index is 1.46. The number of rotatable bonds is 6. The molecule has 1 aliphatic carbocycles. The maximum Gasteiger partial charge on any atom is 0.269 e. The van der Waals surface area contributed by atoms with Gasteiger partial charge in [0.15, 0.2) is 0 Å². The van der Waals surface area contributed by atoms with Crippen LogP contribution in [0.1, 0.15) is 45.3 Å². The van der Waals surface area contributed by atoms with E-state index in [-0.39, 0.29) is 34.3 Å². The van der Waals surface area contributed by atoms with Gasteiger partial charge in [0.1, 0.15) is 5.84 Å². The summed E-state index contributed by atoms with van der Waals surface area (Å²) < 4.78 is 0. The lowest BCUT2D eigenvalue weighted by molar-refractivity contribution is -0.385. The topological polar surface area (TPSA) is 105 Å². The normalized spacial score (nSPS) is 19.3. The molecule has 3 atom stereocenters. The zero-order chi connectivity index (χ0) is 25.5. The maximum atomic E-state index is 11.8. The third-order valence-electron chi connectivity index (χ3n) is 7.49. The Hall–Kier alpha value is -4.10. The van der Waals surface area contributed by atoms with Gasteiger partial charge in [-0.1, -0.05) is 54.6 Å². The van der Waals surface area contributed by atoms with Gasteiger partial charge >= 0.3 is 0 Å². The predicted molar refractivity (Wildman–Crippen MR) is 148 cm³/mol. The van der Waals surface area contributed by atoms with Crippen LogP contribution in [-0.2, 0) is 12.2 Å². The van der Waals surface area contributed by atoms with Crippen molar-refractivity contribution in [2.45, 2.75) is 29.0 Å². The summed E-state index contributed by atoms with van der Waals surface area (Å²) in [4.78, 5) is 12.5. The van der Waals surface area contributed by atoms with Crippen LogP contribution in [0.2, 0.25) is 0 Å². The van der Waals surface area contributed by atoms with E-state index in [1.165, 1.54) is 16.7 Å². The monoisotopic (exact) mass is 506 g/mol. The molecule has 3 unspecified atom stereocenters. The summed E-state index contributed by atoms with van der Waals surface area (Å²) in [7, 11) is 0. The highest BCUT2D eigenvalue weighted by atomic mass is 32.2. The molecule has 7 heteroatoms. The van der Waals surface area contributed by atoms with Crippen LogP contribution in [-0.4, -0.2) is 10.8 Å². The Morgan fingerprint density at radius 2 is 1.76 bits per heavy atom. The average molecular weight is 507 g/mol. The highest BCUT2D eigenvalue weighted by molar-refractivity contribution is 7.98. The number of nitrogen functional groups attached to an aromatic ring is 1. The first-order chi connectivity index (χ1) is 18.0. The highest BCUT2D eigenvalue weighted by Crippen LogP contribution is 2.55. The van der Waals surface area contributed by atoms with Crippen LogP contribution < -0.4 is 11.1 Å². The minimum Gasteiger partial charge on any atom is -0.384 e. The van der Waals surface area contributed by atoms with Crippen LogP contribution in [0.25, 0.3) is 0 Å². The molecule has 4 aromatic rings. The number of nitro benzene ring substituents is 1. The molecule has 0 amide bonds. The van der Waals surface area contributed by atoms with Crippen molar-refractivity contribution >= 4 is 29.0 Å². The predicted octanol–water partition coefficient (Wildman–Crippen LogP) is 6.64. The third kappa shape index (κ3) is 4.25. The quantitative estimate of drug-likeness (QED) is 0.0893. The molecule has 6 rings (SSSR count). The number of nitrogens with zero attached hydrogens (tertiary/aromatic N) is 1. The van der Waals surface area contributed by atoms with E-state index in [1.54, 1.807) is 23.9 Å². The number of benzene rings is 4. The number of thioether (sulfide) groups is 1. The summed E-state index contributed by atoms with van der Waals surface area (Å²) in [6.45, 7) is 0. The van der Waals surface area contributed by atoms with E-state index in [2.05, 4.69) is 41.7 Å². The van der Waals surface area contributed by atoms with E-state index in [1.807, 2.05) is 42.5 Å². The third-order valence-corrected chi connectivity index (χ3v) is 8.65. The fourth-order valence-corrected chi connectivity index (χ4v) is 6.83. The molecule has 1 aliphatic heterocycles. The van der Waals surface area contributed by atoms with Gasteiger partial charge in [-0.3, -0.25) is 15.5 Å². The molecule has 4 aromatic carbocycles. The van der Waals surface area contributed by atoms with E-state index in [9.17, 15) is 10.1 Å². The molecular formula is C30H26N4O2S. The van der Waals surface area contributed by atoms with Crippen molar-refractivity contribution in [3.05, 3.63) is 134 Å². The first-order valence-corrected chi connectivity index (χ1v) is 13.3. The number of hydrogen-bond acceptors (Lipinski definition) is 5. The molecule has 1 heterocycles. The molecular weight excluding hydrogens is 480 g/mol. The lowest BCUT2D eigenvalue weighted by Gasteiger charge is -2.38. The first-order valence-electron chi connectivity index (χ1n) is 12.3. The van der Waals surface area contributed by atoms with Gasteiger partial charge in [-0.15, -0.1) is 11.8 Å². The van der Waals surface area contributed by atoms with Crippen molar-refractivity contribution in [2.75, 3.05) is 5.32 Å². The van der Waals surface area contributed by atoms with Crippen molar-refractivity contribution < 1.29 is 4.92 Å². The molecule has 0 saturated heterocycles. The Morgan fingerprint density at radius 1 is 0.973 bits per heavy atom. The van der Waals surface area contributed by atoms with Gasteiger partial charge in [-0.25, -0.2) is 0 Å². The van der Waals surface area contributed by atoms with Gasteiger partial charge in [0.05, 0.1) is 11.0 Å².